The Labute approximate surface area is 156 Å². The Morgan fingerprint density at radius 2 is 1.77 bits per heavy atom. The van der Waals surface area contributed by atoms with Crippen molar-refractivity contribution in [3.63, 3.8) is 0 Å². The molecule has 2 rings (SSSR count). The Morgan fingerprint density at radius 3 is 2.27 bits per heavy atom. The first-order chi connectivity index (χ1) is 12.6. The van der Waals surface area contributed by atoms with Crippen LogP contribution in [0.4, 0.5) is 0 Å². The number of aromatic nitrogens is 1. The third kappa shape index (κ3) is 9.17. The Bertz CT molecular complexity index is 633. The van der Waals surface area contributed by atoms with Gasteiger partial charge in [-0.15, -0.1) is 0 Å². The number of hydrogen-bond acceptors (Lipinski definition) is 6. The largest absolute Gasteiger partial charge is 0.333 e. The molecule has 6 heteroatoms. The fourth-order valence-corrected chi connectivity index (χ4v) is 2.29. The van der Waals surface area contributed by atoms with Gasteiger partial charge in [-0.25, -0.2) is 0 Å². The van der Waals surface area contributed by atoms with E-state index in [0.717, 1.165) is 35.8 Å². The van der Waals surface area contributed by atoms with Gasteiger partial charge in [0.2, 0.25) is 0 Å². The molecule has 26 heavy (non-hydrogen) atoms. The first-order valence-corrected chi connectivity index (χ1v) is 8.43. The number of nitrogens with zero attached hydrogens (tertiary/aromatic N) is 1. The van der Waals surface area contributed by atoms with Gasteiger partial charge in [-0.05, 0) is 56.8 Å². The molecule has 142 valence electrons. The van der Waals surface area contributed by atoms with Crippen LogP contribution in [0.5, 0.6) is 0 Å². The molecule has 0 spiro atoms. The number of pyridine rings is 1. The Morgan fingerprint density at radius 1 is 1.12 bits per heavy atom. The van der Waals surface area contributed by atoms with Crippen molar-refractivity contribution in [3.05, 3.63) is 65.0 Å². The third-order valence-corrected chi connectivity index (χ3v) is 3.45. The van der Waals surface area contributed by atoms with Gasteiger partial charge in [0, 0.05) is 18.9 Å². The number of nitrogens with two attached hydrogens (primary N) is 1. The quantitative estimate of drug-likeness (QED) is 0.652. The van der Waals surface area contributed by atoms with Crippen molar-refractivity contribution in [2.45, 2.75) is 26.4 Å². The molecule has 0 bridgehead atoms. The highest BCUT2D eigenvalue weighted by molar-refractivity contribution is 5.64. The van der Waals surface area contributed by atoms with Gasteiger partial charge in [-0.3, -0.25) is 10.3 Å². The van der Waals surface area contributed by atoms with Crippen molar-refractivity contribution in [1.29, 1.82) is 0 Å². The van der Waals surface area contributed by atoms with Crippen LogP contribution in [0.15, 0.2) is 42.7 Å². The van der Waals surface area contributed by atoms with Gasteiger partial charge in [0.15, 0.2) is 0 Å². The highest BCUT2D eigenvalue weighted by Crippen LogP contribution is 2.17. The summed E-state index contributed by atoms with van der Waals surface area (Å²) in [6, 6.07) is 9.50. The van der Waals surface area contributed by atoms with Crippen LogP contribution in [-0.4, -0.2) is 38.2 Å². The maximum absolute atomic E-state index is 10.9. The van der Waals surface area contributed by atoms with E-state index in [4.69, 9.17) is 0 Å². The molecule has 1 aromatic carbocycles. The number of aryl methyl sites for hydroxylation is 2. The Hall–Kier alpha value is -2.41. The van der Waals surface area contributed by atoms with E-state index in [1.807, 2.05) is 51.2 Å². The minimum atomic E-state index is -0.393. The SMILES string of the molecule is CN.CNCc1ccncc1.Cc1ccc(C(C=O)NCC=O)c(C)c1. The standard InChI is InChI=1S/C12H15NO2.C7H10N2.CH5N/c1-9-3-4-11(10(2)7-9)12(8-15)13-5-6-14;1-8-6-7-2-4-9-5-3-7;1-2/h3-4,6-8,12-13H,5H2,1-2H3;2-5,8H,6H2,1H3;2H2,1H3. The van der Waals surface area contributed by atoms with Crippen molar-refractivity contribution in [1.82, 2.24) is 15.6 Å². The summed E-state index contributed by atoms with van der Waals surface area (Å²) in [5.74, 6) is 0. The molecule has 2 aromatic rings. The predicted octanol–water partition coefficient (Wildman–Crippen LogP) is 1.71. The Balaban J connectivity index is 0.000000484. The molecule has 6 nitrogen and oxygen atoms in total. The highest BCUT2D eigenvalue weighted by Gasteiger charge is 2.11. The Kier molecular flexibility index (Phi) is 13.5. The number of benzene rings is 1. The van der Waals surface area contributed by atoms with E-state index in [2.05, 4.69) is 21.4 Å². The predicted molar refractivity (Wildman–Crippen MR) is 106 cm³/mol. The van der Waals surface area contributed by atoms with Gasteiger partial charge in [0.1, 0.15) is 12.6 Å². The topological polar surface area (TPSA) is 97.1 Å². The van der Waals surface area contributed by atoms with E-state index in [1.165, 1.54) is 12.6 Å². The molecule has 1 unspecified atom stereocenters. The summed E-state index contributed by atoms with van der Waals surface area (Å²) >= 11 is 0. The first kappa shape index (κ1) is 23.6. The van der Waals surface area contributed by atoms with Crippen molar-refractivity contribution >= 4 is 12.6 Å². The molecular formula is C20H30N4O2. The zero-order valence-corrected chi connectivity index (χ0v) is 16.0. The number of hydrogen-bond donors (Lipinski definition) is 3. The monoisotopic (exact) mass is 358 g/mol. The minimum absolute atomic E-state index is 0.191. The van der Waals surface area contributed by atoms with Crippen molar-refractivity contribution in [2.24, 2.45) is 5.73 Å². The van der Waals surface area contributed by atoms with E-state index in [0.29, 0.717) is 0 Å². The fraction of sp³-hybridized carbons (Fsp3) is 0.350. The maximum atomic E-state index is 10.9. The molecule has 0 aliphatic heterocycles. The molecule has 1 aromatic heterocycles. The van der Waals surface area contributed by atoms with Gasteiger partial charge < -0.3 is 20.6 Å². The minimum Gasteiger partial charge on any atom is -0.333 e. The molecule has 1 heterocycles. The van der Waals surface area contributed by atoms with Crippen molar-refractivity contribution in [2.75, 3.05) is 20.6 Å². The first-order valence-electron chi connectivity index (χ1n) is 8.43. The lowest BCUT2D eigenvalue weighted by molar-refractivity contribution is -0.110. The van der Waals surface area contributed by atoms with Gasteiger partial charge in [-0.2, -0.15) is 0 Å². The summed E-state index contributed by atoms with van der Waals surface area (Å²) in [6.07, 6.45) is 5.17. The molecule has 1 atom stereocenters. The van der Waals surface area contributed by atoms with Crippen LogP contribution < -0.4 is 16.4 Å². The second-order valence-corrected chi connectivity index (χ2v) is 5.43. The van der Waals surface area contributed by atoms with Crippen LogP contribution >= 0.6 is 0 Å². The smallest absolute Gasteiger partial charge is 0.141 e. The lowest BCUT2D eigenvalue weighted by atomic mass is 10.00. The molecule has 0 saturated heterocycles. The molecule has 0 saturated carbocycles. The molecule has 0 radical (unpaired) electrons. The van der Waals surface area contributed by atoms with E-state index in [-0.39, 0.29) is 6.54 Å². The van der Waals surface area contributed by atoms with Crippen LogP contribution in [0.3, 0.4) is 0 Å². The summed E-state index contributed by atoms with van der Waals surface area (Å²) in [7, 11) is 3.43. The molecule has 0 aliphatic carbocycles. The molecule has 4 N–H and O–H groups in total. The summed E-state index contributed by atoms with van der Waals surface area (Å²) in [6.45, 7) is 5.08. The summed E-state index contributed by atoms with van der Waals surface area (Å²) in [5, 5.41) is 5.92. The lowest BCUT2D eigenvalue weighted by Gasteiger charge is -2.14. The van der Waals surface area contributed by atoms with Crippen LogP contribution in [0.25, 0.3) is 0 Å². The zero-order chi connectivity index (χ0) is 19.8. The number of carbonyl (C=O) groups excluding carboxylic acids is 2. The fourth-order valence-electron chi connectivity index (χ4n) is 2.29. The number of aldehydes is 2. The van der Waals surface area contributed by atoms with Crippen molar-refractivity contribution < 1.29 is 9.59 Å². The van der Waals surface area contributed by atoms with Gasteiger partial charge >= 0.3 is 0 Å². The molecule has 0 fully saturated rings. The number of nitrogens with one attached hydrogen (secondary N) is 2. The number of carbonyl (C=O) groups is 2. The summed E-state index contributed by atoms with van der Waals surface area (Å²) in [4.78, 5) is 25.0. The average Bonchev–Trinajstić information content (AvgIpc) is 2.67. The average molecular weight is 358 g/mol. The second-order valence-electron chi connectivity index (χ2n) is 5.43. The summed E-state index contributed by atoms with van der Waals surface area (Å²) < 4.78 is 0. The van der Waals surface area contributed by atoms with Crippen molar-refractivity contribution in [3.8, 4) is 0 Å². The van der Waals surface area contributed by atoms with E-state index in [1.54, 1.807) is 12.4 Å². The normalized spacial score (nSPS) is 10.5. The highest BCUT2D eigenvalue weighted by atomic mass is 16.1. The van der Waals surface area contributed by atoms with Gasteiger partial charge in [0.05, 0.1) is 12.6 Å². The van der Waals surface area contributed by atoms with E-state index in [9.17, 15) is 9.59 Å². The molecular weight excluding hydrogens is 328 g/mol. The van der Waals surface area contributed by atoms with Crippen LogP contribution in [-0.2, 0) is 16.1 Å². The van der Waals surface area contributed by atoms with E-state index < -0.39 is 6.04 Å². The van der Waals surface area contributed by atoms with E-state index >= 15 is 0 Å². The number of rotatable bonds is 7. The van der Waals surface area contributed by atoms with Gasteiger partial charge in [0.25, 0.3) is 0 Å². The van der Waals surface area contributed by atoms with Crippen LogP contribution in [0.2, 0.25) is 0 Å². The second kappa shape index (κ2) is 14.9. The maximum Gasteiger partial charge on any atom is 0.141 e. The summed E-state index contributed by atoms with van der Waals surface area (Å²) in [5.41, 5.74) is 8.92. The van der Waals surface area contributed by atoms with Gasteiger partial charge in [-0.1, -0.05) is 23.8 Å². The molecule has 0 amide bonds. The van der Waals surface area contributed by atoms with Crippen LogP contribution in [0, 0.1) is 13.8 Å². The molecule has 0 aliphatic rings. The zero-order valence-electron chi connectivity index (χ0n) is 16.0. The van der Waals surface area contributed by atoms with Crippen LogP contribution in [0.1, 0.15) is 28.3 Å². The lowest BCUT2D eigenvalue weighted by Crippen LogP contribution is -2.24. The third-order valence-electron chi connectivity index (χ3n) is 3.45.